The Morgan fingerprint density at radius 2 is 1.96 bits per heavy atom. The molecular weight excluding hydrogens is 383 g/mol. The van der Waals surface area contributed by atoms with Crippen molar-refractivity contribution in [1.82, 2.24) is 10.3 Å². The lowest BCUT2D eigenvalue weighted by atomic mass is 10.0. The van der Waals surface area contributed by atoms with Crippen LogP contribution in [0.25, 0.3) is 10.9 Å². The summed E-state index contributed by atoms with van der Waals surface area (Å²) in [5.41, 5.74) is 3.51. The highest BCUT2D eigenvalue weighted by Crippen LogP contribution is 2.45. The molecule has 2 aromatic carbocycles. The number of nitrogens with one attached hydrogen (secondary N) is 2. The number of aromatic nitrogens is 1. The van der Waals surface area contributed by atoms with Crippen molar-refractivity contribution < 1.29 is 9.18 Å². The number of carbonyl (C=O) groups is 1. The molecule has 0 unspecified atom stereocenters. The van der Waals surface area contributed by atoms with E-state index in [4.69, 9.17) is 0 Å². The van der Waals surface area contributed by atoms with E-state index in [-0.39, 0.29) is 23.7 Å². The minimum atomic E-state index is -0.290. The quantitative estimate of drug-likeness (QED) is 0.653. The van der Waals surface area contributed by atoms with Crippen molar-refractivity contribution in [1.29, 1.82) is 0 Å². The van der Waals surface area contributed by atoms with Crippen LogP contribution < -0.4 is 5.32 Å². The Hall–Kier alpha value is -2.14. The highest BCUT2D eigenvalue weighted by molar-refractivity contribution is 9.10. The minimum absolute atomic E-state index is 0.0336. The van der Waals surface area contributed by atoms with Crippen molar-refractivity contribution in [2.75, 3.05) is 0 Å². The molecule has 3 aromatic rings. The predicted molar refractivity (Wildman–Crippen MR) is 99.9 cm³/mol. The maximum Gasteiger partial charge on any atom is 0.225 e. The van der Waals surface area contributed by atoms with Crippen LogP contribution in [0, 0.1) is 12.7 Å². The number of amides is 1. The number of aryl methyl sites for hydroxylation is 1. The van der Waals surface area contributed by atoms with E-state index in [0.717, 1.165) is 45.0 Å². The standard InChI is InChI=1S/C20H18BrFN2O/c1-12-16(17-10-15(22)6-7-18(17)23-12)11-19(25)24-20(8-9-20)13-2-4-14(21)5-3-13/h2-7,10,23H,8-9,11H2,1H3,(H,24,25). The van der Waals surface area contributed by atoms with Gasteiger partial charge in [-0.2, -0.15) is 0 Å². The summed E-state index contributed by atoms with van der Waals surface area (Å²) in [6.45, 7) is 1.92. The van der Waals surface area contributed by atoms with Crippen molar-refractivity contribution in [2.45, 2.75) is 31.7 Å². The first-order chi connectivity index (χ1) is 12.0. The van der Waals surface area contributed by atoms with Crippen LogP contribution in [0.1, 0.15) is 29.7 Å². The van der Waals surface area contributed by atoms with Gasteiger partial charge in [-0.3, -0.25) is 4.79 Å². The zero-order valence-corrected chi connectivity index (χ0v) is 15.4. The second-order valence-corrected chi connectivity index (χ2v) is 7.65. The molecule has 1 aromatic heterocycles. The summed E-state index contributed by atoms with van der Waals surface area (Å²) in [4.78, 5) is 15.9. The van der Waals surface area contributed by atoms with Crippen LogP contribution >= 0.6 is 15.9 Å². The molecule has 5 heteroatoms. The number of carbonyl (C=O) groups excluding carboxylic acids is 1. The van der Waals surface area contributed by atoms with Crippen LogP contribution in [0.5, 0.6) is 0 Å². The maximum atomic E-state index is 13.6. The molecule has 1 fully saturated rings. The molecule has 0 spiro atoms. The molecule has 0 radical (unpaired) electrons. The first kappa shape index (κ1) is 16.3. The average molecular weight is 401 g/mol. The van der Waals surface area contributed by atoms with Crippen LogP contribution in [-0.2, 0) is 16.8 Å². The van der Waals surface area contributed by atoms with Gasteiger partial charge in [0.05, 0.1) is 12.0 Å². The topological polar surface area (TPSA) is 44.9 Å². The summed E-state index contributed by atoms with van der Waals surface area (Å²) in [5.74, 6) is -0.324. The highest BCUT2D eigenvalue weighted by Gasteiger charge is 2.45. The Morgan fingerprint density at radius 1 is 1.24 bits per heavy atom. The molecule has 128 valence electrons. The second kappa shape index (κ2) is 5.99. The number of rotatable bonds is 4. The van der Waals surface area contributed by atoms with E-state index in [1.807, 2.05) is 31.2 Å². The molecule has 0 bridgehead atoms. The first-order valence-corrected chi connectivity index (χ1v) is 9.10. The third-order valence-electron chi connectivity index (χ3n) is 4.94. The van der Waals surface area contributed by atoms with Gasteiger partial charge < -0.3 is 10.3 Å². The molecule has 2 N–H and O–H groups in total. The summed E-state index contributed by atoms with van der Waals surface area (Å²) >= 11 is 3.44. The van der Waals surface area contributed by atoms with E-state index < -0.39 is 0 Å². The zero-order valence-electron chi connectivity index (χ0n) is 13.8. The Labute approximate surface area is 153 Å². The molecule has 0 saturated heterocycles. The fourth-order valence-corrected chi connectivity index (χ4v) is 3.70. The number of benzene rings is 2. The van der Waals surface area contributed by atoms with Crippen LogP contribution in [-0.4, -0.2) is 10.9 Å². The van der Waals surface area contributed by atoms with E-state index in [2.05, 4.69) is 26.2 Å². The van der Waals surface area contributed by atoms with Gasteiger partial charge in [0.1, 0.15) is 5.82 Å². The van der Waals surface area contributed by atoms with E-state index in [1.165, 1.54) is 12.1 Å². The number of H-pyrrole nitrogens is 1. The van der Waals surface area contributed by atoms with Crippen LogP contribution in [0.15, 0.2) is 46.9 Å². The van der Waals surface area contributed by atoms with Gasteiger partial charge in [-0.05, 0) is 61.2 Å². The Balaban J connectivity index is 1.56. The molecule has 1 aliphatic rings. The molecule has 1 aliphatic carbocycles. The average Bonchev–Trinajstić information content (AvgIpc) is 3.29. The fourth-order valence-electron chi connectivity index (χ4n) is 3.43. The molecule has 1 saturated carbocycles. The van der Waals surface area contributed by atoms with Gasteiger partial charge in [-0.25, -0.2) is 4.39 Å². The monoisotopic (exact) mass is 400 g/mol. The Morgan fingerprint density at radius 3 is 2.64 bits per heavy atom. The fraction of sp³-hybridized carbons (Fsp3) is 0.250. The second-order valence-electron chi connectivity index (χ2n) is 6.73. The van der Waals surface area contributed by atoms with Gasteiger partial charge in [0.25, 0.3) is 0 Å². The first-order valence-electron chi connectivity index (χ1n) is 8.31. The Kier molecular flexibility index (Phi) is 3.91. The third-order valence-corrected chi connectivity index (χ3v) is 5.47. The Bertz CT molecular complexity index is 958. The lowest BCUT2D eigenvalue weighted by Gasteiger charge is -2.18. The minimum Gasteiger partial charge on any atom is -0.358 e. The lowest BCUT2D eigenvalue weighted by Crippen LogP contribution is -2.35. The largest absolute Gasteiger partial charge is 0.358 e. The number of halogens is 2. The number of hydrogen-bond acceptors (Lipinski definition) is 1. The van der Waals surface area contributed by atoms with E-state index in [1.54, 1.807) is 6.07 Å². The highest BCUT2D eigenvalue weighted by atomic mass is 79.9. The van der Waals surface area contributed by atoms with Crippen molar-refractivity contribution >= 4 is 32.7 Å². The third kappa shape index (κ3) is 3.09. The van der Waals surface area contributed by atoms with Gasteiger partial charge in [-0.15, -0.1) is 0 Å². The predicted octanol–water partition coefficient (Wildman–Crippen LogP) is 4.73. The SMILES string of the molecule is Cc1[nH]c2ccc(F)cc2c1CC(=O)NC1(c2ccc(Br)cc2)CC1. The van der Waals surface area contributed by atoms with Crippen molar-refractivity contribution in [3.63, 3.8) is 0 Å². The molecule has 1 amide bonds. The van der Waals surface area contributed by atoms with Crippen molar-refractivity contribution in [3.8, 4) is 0 Å². The van der Waals surface area contributed by atoms with Crippen LogP contribution in [0.2, 0.25) is 0 Å². The van der Waals surface area contributed by atoms with Crippen molar-refractivity contribution in [2.24, 2.45) is 0 Å². The van der Waals surface area contributed by atoms with E-state index >= 15 is 0 Å². The van der Waals surface area contributed by atoms with Gasteiger partial charge in [-0.1, -0.05) is 28.1 Å². The number of hydrogen-bond donors (Lipinski definition) is 2. The number of fused-ring (bicyclic) bond motifs is 1. The van der Waals surface area contributed by atoms with Crippen molar-refractivity contribution in [3.05, 3.63) is 69.6 Å². The summed E-state index contributed by atoms with van der Waals surface area (Å²) in [7, 11) is 0. The summed E-state index contributed by atoms with van der Waals surface area (Å²) in [5, 5.41) is 3.96. The molecule has 4 rings (SSSR count). The lowest BCUT2D eigenvalue weighted by molar-refractivity contribution is -0.121. The maximum absolute atomic E-state index is 13.6. The molecule has 1 heterocycles. The number of aromatic amines is 1. The molecule has 0 atom stereocenters. The summed E-state index contributed by atoms with van der Waals surface area (Å²) < 4.78 is 14.6. The van der Waals surface area contributed by atoms with Gasteiger partial charge in [0, 0.05) is 21.1 Å². The molecule has 3 nitrogen and oxygen atoms in total. The van der Waals surface area contributed by atoms with Gasteiger partial charge in [0.15, 0.2) is 0 Å². The molecule has 0 aliphatic heterocycles. The van der Waals surface area contributed by atoms with Crippen LogP contribution in [0.4, 0.5) is 4.39 Å². The van der Waals surface area contributed by atoms with Crippen LogP contribution in [0.3, 0.4) is 0 Å². The summed E-state index contributed by atoms with van der Waals surface area (Å²) in [6, 6.07) is 12.7. The van der Waals surface area contributed by atoms with E-state index in [9.17, 15) is 9.18 Å². The smallest absolute Gasteiger partial charge is 0.225 e. The van der Waals surface area contributed by atoms with Gasteiger partial charge in [0.2, 0.25) is 5.91 Å². The summed E-state index contributed by atoms with van der Waals surface area (Å²) in [6.07, 6.45) is 2.14. The van der Waals surface area contributed by atoms with Gasteiger partial charge >= 0.3 is 0 Å². The molecular formula is C20H18BrFN2O. The van der Waals surface area contributed by atoms with E-state index in [0.29, 0.717) is 0 Å². The zero-order chi connectivity index (χ0) is 17.6. The normalized spacial score (nSPS) is 15.3. The molecule has 25 heavy (non-hydrogen) atoms.